The van der Waals surface area contributed by atoms with Crippen LogP contribution in [-0.4, -0.2) is 4.99 Å². The normalized spacial score (nSPS) is 8.00. The van der Waals surface area contributed by atoms with Crippen LogP contribution in [0.5, 0.6) is 0 Å². The molecule has 1 rings (SSSR count). The van der Waals surface area contributed by atoms with E-state index in [0.717, 1.165) is 5.56 Å². The minimum Gasteiger partial charge on any atom is -0.389 e. The van der Waals surface area contributed by atoms with Gasteiger partial charge >= 0.3 is 0 Å². The molecule has 1 aromatic rings. The Labute approximate surface area is 71.6 Å². The van der Waals surface area contributed by atoms with Crippen molar-refractivity contribution in [3.63, 3.8) is 0 Å². The lowest BCUT2D eigenvalue weighted by molar-refractivity contribution is 1.63. The summed E-state index contributed by atoms with van der Waals surface area (Å²) in [6, 6.07) is 9.54. The van der Waals surface area contributed by atoms with Gasteiger partial charge in [-0.2, -0.15) is 0 Å². The largest absolute Gasteiger partial charge is 0.389 e. The van der Waals surface area contributed by atoms with Gasteiger partial charge in [-0.1, -0.05) is 42.5 Å². The number of halogens is 1. The van der Waals surface area contributed by atoms with Crippen molar-refractivity contribution in [2.45, 2.75) is 0 Å². The number of hydrogen-bond donors (Lipinski definition) is 1. The zero-order valence-electron chi connectivity index (χ0n) is 5.28. The van der Waals surface area contributed by atoms with E-state index >= 15 is 0 Å². The fraction of sp³-hybridized carbons (Fsp3) is 0. The van der Waals surface area contributed by atoms with E-state index in [1.807, 2.05) is 30.3 Å². The van der Waals surface area contributed by atoms with Gasteiger partial charge in [-0.3, -0.25) is 0 Å². The van der Waals surface area contributed by atoms with Gasteiger partial charge in [0.05, 0.1) is 0 Å². The highest BCUT2D eigenvalue weighted by molar-refractivity contribution is 7.80. The summed E-state index contributed by atoms with van der Waals surface area (Å²) >= 11 is 4.74. The summed E-state index contributed by atoms with van der Waals surface area (Å²) < 4.78 is 0. The van der Waals surface area contributed by atoms with Crippen molar-refractivity contribution in [1.82, 2.24) is 0 Å². The Morgan fingerprint density at radius 2 is 1.70 bits per heavy atom. The van der Waals surface area contributed by atoms with E-state index in [9.17, 15) is 0 Å². The highest BCUT2D eigenvalue weighted by Gasteiger charge is 1.89. The van der Waals surface area contributed by atoms with Gasteiger partial charge in [0.25, 0.3) is 0 Å². The number of nitrogens with two attached hydrogens (primary N) is 1. The van der Waals surface area contributed by atoms with Gasteiger partial charge in [0.15, 0.2) is 0 Å². The SMILES string of the molecule is Cl.NC(=S)c1ccccc1. The first-order valence-electron chi connectivity index (χ1n) is 2.65. The molecule has 1 nitrogen and oxygen atoms in total. The molecule has 0 fully saturated rings. The van der Waals surface area contributed by atoms with E-state index in [4.69, 9.17) is 18.0 Å². The van der Waals surface area contributed by atoms with Crippen molar-refractivity contribution >= 4 is 29.6 Å². The molecule has 0 heterocycles. The molecule has 0 bridgehead atoms. The van der Waals surface area contributed by atoms with Gasteiger partial charge in [-0.25, -0.2) is 0 Å². The van der Waals surface area contributed by atoms with E-state index in [1.54, 1.807) is 0 Å². The molecule has 0 spiro atoms. The molecule has 0 saturated carbocycles. The van der Waals surface area contributed by atoms with Crippen LogP contribution in [0.2, 0.25) is 0 Å². The molecule has 0 radical (unpaired) electrons. The molecular weight excluding hydrogens is 166 g/mol. The van der Waals surface area contributed by atoms with Gasteiger partial charge in [0, 0.05) is 5.56 Å². The lowest BCUT2D eigenvalue weighted by Crippen LogP contribution is -2.08. The predicted octanol–water partition coefficient (Wildman–Crippen LogP) is 1.74. The molecule has 3 heteroatoms. The summed E-state index contributed by atoms with van der Waals surface area (Å²) in [5.41, 5.74) is 6.27. The molecule has 0 aliphatic rings. The third-order valence-electron chi connectivity index (χ3n) is 1.06. The summed E-state index contributed by atoms with van der Waals surface area (Å²) in [4.78, 5) is 0.454. The van der Waals surface area contributed by atoms with Gasteiger partial charge in [0.1, 0.15) is 4.99 Å². The molecular formula is C7H8ClNS. The summed E-state index contributed by atoms with van der Waals surface area (Å²) in [5, 5.41) is 0. The highest BCUT2D eigenvalue weighted by atomic mass is 35.5. The molecule has 0 unspecified atom stereocenters. The van der Waals surface area contributed by atoms with Crippen molar-refractivity contribution in [2.75, 3.05) is 0 Å². The van der Waals surface area contributed by atoms with E-state index in [-0.39, 0.29) is 12.4 Å². The fourth-order valence-corrected chi connectivity index (χ4v) is 0.739. The maximum absolute atomic E-state index is 5.35. The quantitative estimate of drug-likeness (QED) is 0.655. The van der Waals surface area contributed by atoms with E-state index in [1.165, 1.54) is 0 Å². The Kier molecular flexibility index (Phi) is 4.00. The Morgan fingerprint density at radius 3 is 2.00 bits per heavy atom. The lowest BCUT2D eigenvalue weighted by Gasteiger charge is -1.92. The van der Waals surface area contributed by atoms with Crippen LogP contribution in [0, 0.1) is 0 Å². The van der Waals surface area contributed by atoms with E-state index < -0.39 is 0 Å². The molecule has 10 heavy (non-hydrogen) atoms. The van der Waals surface area contributed by atoms with Crippen LogP contribution in [0.1, 0.15) is 5.56 Å². The van der Waals surface area contributed by atoms with Crippen molar-refractivity contribution in [1.29, 1.82) is 0 Å². The molecule has 0 atom stereocenters. The predicted molar refractivity (Wildman–Crippen MR) is 49.6 cm³/mol. The number of benzene rings is 1. The third-order valence-corrected chi connectivity index (χ3v) is 1.29. The Balaban J connectivity index is 0.000000810. The second-order valence-corrected chi connectivity index (χ2v) is 2.17. The van der Waals surface area contributed by atoms with Gasteiger partial charge in [-0.05, 0) is 0 Å². The molecule has 1 aromatic carbocycles. The van der Waals surface area contributed by atoms with E-state index in [2.05, 4.69) is 0 Å². The first-order chi connectivity index (χ1) is 4.30. The van der Waals surface area contributed by atoms with Crippen LogP contribution in [0.4, 0.5) is 0 Å². The smallest absolute Gasteiger partial charge is 0.103 e. The summed E-state index contributed by atoms with van der Waals surface area (Å²) in [5.74, 6) is 0. The average Bonchev–Trinajstić information content (AvgIpc) is 1.90. The van der Waals surface area contributed by atoms with Gasteiger partial charge in [-0.15, -0.1) is 12.4 Å². The number of thiocarbonyl (C=S) groups is 1. The van der Waals surface area contributed by atoms with Crippen LogP contribution in [0.3, 0.4) is 0 Å². The molecule has 2 N–H and O–H groups in total. The molecule has 0 amide bonds. The van der Waals surface area contributed by atoms with Gasteiger partial charge in [0.2, 0.25) is 0 Å². The monoisotopic (exact) mass is 173 g/mol. The van der Waals surface area contributed by atoms with Crippen LogP contribution in [-0.2, 0) is 0 Å². The second kappa shape index (κ2) is 4.25. The number of hydrogen-bond acceptors (Lipinski definition) is 1. The second-order valence-electron chi connectivity index (χ2n) is 1.73. The molecule has 0 aliphatic carbocycles. The van der Waals surface area contributed by atoms with Crippen LogP contribution < -0.4 is 5.73 Å². The summed E-state index contributed by atoms with van der Waals surface area (Å²) in [7, 11) is 0. The van der Waals surface area contributed by atoms with Crippen molar-refractivity contribution < 1.29 is 0 Å². The Bertz CT molecular complexity index is 210. The average molecular weight is 174 g/mol. The number of rotatable bonds is 1. The summed E-state index contributed by atoms with van der Waals surface area (Å²) in [6.07, 6.45) is 0. The Morgan fingerprint density at radius 1 is 1.20 bits per heavy atom. The molecule has 0 aliphatic heterocycles. The van der Waals surface area contributed by atoms with Crippen molar-refractivity contribution in [3.05, 3.63) is 35.9 Å². The third kappa shape index (κ3) is 2.33. The highest BCUT2D eigenvalue weighted by Crippen LogP contribution is 1.96. The van der Waals surface area contributed by atoms with E-state index in [0.29, 0.717) is 4.99 Å². The van der Waals surface area contributed by atoms with Crippen molar-refractivity contribution in [2.24, 2.45) is 5.73 Å². The maximum Gasteiger partial charge on any atom is 0.103 e. The minimum absolute atomic E-state index is 0. The van der Waals surface area contributed by atoms with Crippen LogP contribution in [0.25, 0.3) is 0 Å². The zero-order chi connectivity index (χ0) is 6.69. The molecule has 0 saturated heterocycles. The standard InChI is InChI=1S/C7H7NS.ClH/c8-7(9)6-4-2-1-3-5-6;/h1-5H,(H2,8,9);1H. The summed E-state index contributed by atoms with van der Waals surface area (Å²) in [6.45, 7) is 0. The minimum atomic E-state index is 0. The van der Waals surface area contributed by atoms with Gasteiger partial charge < -0.3 is 5.73 Å². The molecule has 0 aromatic heterocycles. The fourth-order valence-electron chi connectivity index (χ4n) is 0.602. The topological polar surface area (TPSA) is 26.0 Å². The lowest BCUT2D eigenvalue weighted by atomic mass is 10.2. The maximum atomic E-state index is 5.35. The zero-order valence-corrected chi connectivity index (χ0v) is 6.91. The van der Waals surface area contributed by atoms with Crippen molar-refractivity contribution in [3.8, 4) is 0 Å². The first kappa shape index (κ1) is 9.40. The van der Waals surface area contributed by atoms with Crippen LogP contribution >= 0.6 is 24.6 Å². The first-order valence-corrected chi connectivity index (χ1v) is 3.06. The molecule has 54 valence electrons. The Hall–Kier alpha value is -0.600. The van der Waals surface area contributed by atoms with Crippen LogP contribution in [0.15, 0.2) is 30.3 Å².